The number of carbonyl (C=O) groups is 1. The molecule has 8 heteroatoms. The van der Waals surface area contributed by atoms with Crippen LogP contribution in [0.15, 0.2) is 11.2 Å². The van der Waals surface area contributed by atoms with Gasteiger partial charge in [-0.3, -0.25) is 5.10 Å². The molecule has 1 aromatic heterocycles. The number of sulfonamides is 1. The van der Waals surface area contributed by atoms with E-state index in [4.69, 9.17) is 5.11 Å². The van der Waals surface area contributed by atoms with Gasteiger partial charge in [0.05, 0.1) is 6.20 Å². The minimum atomic E-state index is -3.88. The molecule has 0 amide bonds. The number of hydrogen-bond donors (Lipinski definition) is 3. The molecule has 19 heavy (non-hydrogen) atoms. The Hall–Kier alpha value is -1.41. The van der Waals surface area contributed by atoms with E-state index in [1.165, 1.54) is 0 Å². The number of rotatable bonds is 5. The number of H-pyrrole nitrogens is 1. The molecular formula is C11H17N3O4S. The highest BCUT2D eigenvalue weighted by molar-refractivity contribution is 7.89. The van der Waals surface area contributed by atoms with Crippen LogP contribution in [0.2, 0.25) is 0 Å². The number of nitrogens with zero attached hydrogens (tertiary/aromatic N) is 1. The molecule has 1 aromatic rings. The van der Waals surface area contributed by atoms with Crippen molar-refractivity contribution in [3.8, 4) is 0 Å². The first-order valence-electron chi connectivity index (χ1n) is 6.21. The Balaban J connectivity index is 2.17. The van der Waals surface area contributed by atoms with Crippen molar-refractivity contribution < 1.29 is 18.3 Å². The molecule has 1 aliphatic carbocycles. The summed E-state index contributed by atoms with van der Waals surface area (Å²) in [6, 6.07) is -0.211. The summed E-state index contributed by atoms with van der Waals surface area (Å²) < 4.78 is 26.8. The molecule has 1 saturated carbocycles. The van der Waals surface area contributed by atoms with Gasteiger partial charge < -0.3 is 5.11 Å². The molecule has 0 aliphatic heterocycles. The molecule has 1 heterocycles. The fourth-order valence-electron chi connectivity index (χ4n) is 2.49. The molecule has 0 bridgehead atoms. The summed E-state index contributed by atoms with van der Waals surface area (Å²) in [4.78, 5) is 10.9. The van der Waals surface area contributed by atoms with Crippen LogP contribution in [0.4, 0.5) is 0 Å². The van der Waals surface area contributed by atoms with Gasteiger partial charge >= 0.3 is 5.97 Å². The van der Waals surface area contributed by atoms with Crippen LogP contribution in [-0.4, -0.2) is 35.7 Å². The average molecular weight is 287 g/mol. The second-order valence-corrected chi connectivity index (χ2v) is 6.52. The Morgan fingerprint density at radius 2 is 2.16 bits per heavy atom. The average Bonchev–Trinajstić information content (AvgIpc) is 3.00. The van der Waals surface area contributed by atoms with Gasteiger partial charge in [-0.25, -0.2) is 17.9 Å². The summed E-state index contributed by atoms with van der Waals surface area (Å²) in [5, 5.41) is 14.3. The maximum atomic E-state index is 12.1. The maximum Gasteiger partial charge on any atom is 0.340 e. The van der Waals surface area contributed by atoms with Crippen LogP contribution in [0.3, 0.4) is 0 Å². The topological polar surface area (TPSA) is 112 Å². The van der Waals surface area contributed by atoms with Crippen molar-refractivity contribution in [2.24, 2.45) is 5.92 Å². The van der Waals surface area contributed by atoms with Gasteiger partial charge in [-0.2, -0.15) is 5.10 Å². The van der Waals surface area contributed by atoms with Crippen molar-refractivity contribution in [2.75, 3.05) is 0 Å². The first-order valence-corrected chi connectivity index (χ1v) is 7.69. The lowest BCUT2D eigenvalue weighted by Crippen LogP contribution is -2.37. The van der Waals surface area contributed by atoms with Gasteiger partial charge in [-0.15, -0.1) is 0 Å². The molecule has 1 fully saturated rings. The van der Waals surface area contributed by atoms with E-state index in [9.17, 15) is 13.2 Å². The van der Waals surface area contributed by atoms with Gasteiger partial charge in [0.15, 0.2) is 5.03 Å². The molecule has 0 saturated heterocycles. The van der Waals surface area contributed by atoms with Crippen molar-refractivity contribution in [3.05, 3.63) is 11.8 Å². The SMILES string of the molecule is C[C@@H](NS(=O)(=O)c1[nH]ncc1C(=O)O)C1CCCC1. The Morgan fingerprint density at radius 1 is 1.53 bits per heavy atom. The van der Waals surface area contributed by atoms with E-state index in [1.807, 2.05) is 6.92 Å². The quantitative estimate of drug-likeness (QED) is 0.747. The van der Waals surface area contributed by atoms with Gasteiger partial charge in [-0.1, -0.05) is 12.8 Å². The summed E-state index contributed by atoms with van der Waals surface area (Å²) in [5.74, 6) is -1.01. The van der Waals surface area contributed by atoms with Crippen LogP contribution >= 0.6 is 0 Å². The third-order valence-corrected chi connectivity index (χ3v) is 5.08. The predicted molar refractivity (Wildman–Crippen MR) is 67.3 cm³/mol. The van der Waals surface area contributed by atoms with Crippen molar-refractivity contribution in [1.82, 2.24) is 14.9 Å². The normalized spacial score (nSPS) is 18.6. The summed E-state index contributed by atoms with van der Waals surface area (Å²) >= 11 is 0. The van der Waals surface area contributed by atoms with Gasteiger partial charge in [0.1, 0.15) is 5.56 Å². The number of carboxylic acid groups (broad SMARTS) is 1. The molecule has 7 nitrogen and oxygen atoms in total. The fourth-order valence-corrected chi connectivity index (χ4v) is 3.89. The predicted octanol–water partition coefficient (Wildman–Crippen LogP) is 0.965. The van der Waals surface area contributed by atoms with Gasteiger partial charge in [-0.05, 0) is 25.7 Å². The van der Waals surface area contributed by atoms with Crippen LogP contribution in [0, 0.1) is 5.92 Å². The number of nitrogens with one attached hydrogen (secondary N) is 2. The molecule has 3 N–H and O–H groups in total. The molecule has 1 aliphatic rings. The molecule has 1 atom stereocenters. The lowest BCUT2D eigenvalue weighted by Gasteiger charge is -2.19. The monoisotopic (exact) mass is 287 g/mol. The smallest absolute Gasteiger partial charge is 0.340 e. The Morgan fingerprint density at radius 3 is 2.74 bits per heavy atom. The zero-order chi connectivity index (χ0) is 14.0. The van der Waals surface area contributed by atoms with Gasteiger partial charge in [0.2, 0.25) is 0 Å². The van der Waals surface area contributed by atoms with E-state index >= 15 is 0 Å². The number of carboxylic acids is 1. The van der Waals surface area contributed by atoms with Crippen LogP contribution < -0.4 is 4.72 Å². The summed E-state index contributed by atoms with van der Waals surface area (Å²) in [7, 11) is -3.88. The minimum Gasteiger partial charge on any atom is -0.478 e. The maximum absolute atomic E-state index is 12.1. The van der Waals surface area contributed by atoms with E-state index in [-0.39, 0.29) is 16.6 Å². The molecular weight excluding hydrogens is 270 g/mol. The highest BCUT2D eigenvalue weighted by atomic mass is 32.2. The second kappa shape index (κ2) is 5.30. The molecule has 0 radical (unpaired) electrons. The summed E-state index contributed by atoms with van der Waals surface area (Å²) in [5.41, 5.74) is -0.342. The first kappa shape index (κ1) is 14.0. The fraction of sp³-hybridized carbons (Fsp3) is 0.636. The molecule has 0 unspecified atom stereocenters. The van der Waals surface area contributed by atoms with E-state index in [0.29, 0.717) is 5.92 Å². The summed E-state index contributed by atoms with van der Waals surface area (Å²) in [6.07, 6.45) is 5.22. The highest BCUT2D eigenvalue weighted by Gasteiger charge is 2.30. The minimum absolute atomic E-state index is 0.211. The van der Waals surface area contributed by atoms with Gasteiger partial charge in [0.25, 0.3) is 10.0 Å². The van der Waals surface area contributed by atoms with Crippen LogP contribution in [0.25, 0.3) is 0 Å². The first-order chi connectivity index (χ1) is 8.92. The highest BCUT2D eigenvalue weighted by Crippen LogP contribution is 2.28. The van der Waals surface area contributed by atoms with E-state index in [2.05, 4.69) is 14.9 Å². The Kier molecular flexibility index (Phi) is 3.91. The lowest BCUT2D eigenvalue weighted by molar-refractivity contribution is 0.0692. The number of aromatic amines is 1. The van der Waals surface area contributed by atoms with E-state index in [1.54, 1.807) is 0 Å². The second-order valence-electron chi connectivity index (χ2n) is 4.87. The van der Waals surface area contributed by atoms with Crippen LogP contribution in [0.1, 0.15) is 43.0 Å². The number of aromatic carboxylic acids is 1. The molecule has 0 aromatic carbocycles. The molecule has 106 valence electrons. The zero-order valence-electron chi connectivity index (χ0n) is 10.6. The van der Waals surface area contributed by atoms with Gasteiger partial charge in [0, 0.05) is 6.04 Å². The molecule has 2 rings (SSSR count). The largest absolute Gasteiger partial charge is 0.478 e. The lowest BCUT2D eigenvalue weighted by atomic mass is 10.0. The molecule has 0 spiro atoms. The van der Waals surface area contributed by atoms with Crippen molar-refractivity contribution >= 4 is 16.0 Å². The number of aromatic nitrogens is 2. The summed E-state index contributed by atoms with van der Waals surface area (Å²) in [6.45, 7) is 1.81. The number of hydrogen-bond acceptors (Lipinski definition) is 4. The van der Waals surface area contributed by atoms with Crippen molar-refractivity contribution in [1.29, 1.82) is 0 Å². The van der Waals surface area contributed by atoms with Crippen LogP contribution in [0.5, 0.6) is 0 Å². The third kappa shape index (κ3) is 2.95. The standard InChI is InChI=1S/C11H17N3O4S/c1-7(8-4-2-3-5-8)14-19(17,18)10-9(11(15)16)6-12-13-10/h6-8,14H,2-5H2,1H3,(H,12,13)(H,15,16)/t7-/m1/s1. The van der Waals surface area contributed by atoms with E-state index in [0.717, 1.165) is 31.9 Å². The third-order valence-electron chi connectivity index (χ3n) is 3.55. The van der Waals surface area contributed by atoms with Crippen molar-refractivity contribution in [3.63, 3.8) is 0 Å². The van der Waals surface area contributed by atoms with Crippen LogP contribution in [-0.2, 0) is 10.0 Å². The van der Waals surface area contributed by atoms with Crippen molar-refractivity contribution in [2.45, 2.75) is 43.7 Å². The Bertz CT molecular complexity index is 560. The Labute approximate surface area is 111 Å². The zero-order valence-corrected chi connectivity index (χ0v) is 11.4. The van der Waals surface area contributed by atoms with E-state index < -0.39 is 16.0 Å².